The number of benzene rings is 9. The van der Waals surface area contributed by atoms with E-state index in [1.165, 1.54) is 36.5 Å². The lowest BCUT2D eigenvalue weighted by Gasteiger charge is -2.17. The summed E-state index contributed by atoms with van der Waals surface area (Å²) in [6.45, 7) is 0. The van der Waals surface area contributed by atoms with Gasteiger partial charge in [0.05, 0.1) is 16.7 Å². The smallest absolute Gasteiger partial charge is 0.166 e. The van der Waals surface area contributed by atoms with Crippen LogP contribution in [0, 0.1) is 0 Å². The fraction of sp³-hybridized carbons (Fsp3) is 0. The number of hydrogen-bond acceptors (Lipinski definition) is 4. The molecule has 0 aliphatic rings. The molecule has 0 bridgehead atoms. The highest BCUT2D eigenvalue weighted by Gasteiger charge is 2.21. The molecule has 0 aliphatic heterocycles. The maximum atomic E-state index is 5.36. The van der Waals surface area contributed by atoms with E-state index in [0.29, 0.717) is 17.5 Å². The van der Waals surface area contributed by atoms with Gasteiger partial charge in [0.25, 0.3) is 0 Å². The molecule has 0 saturated heterocycles. The van der Waals surface area contributed by atoms with E-state index < -0.39 is 0 Å². The molecule has 0 fully saturated rings. The van der Waals surface area contributed by atoms with Crippen LogP contribution in [-0.2, 0) is 0 Å². The Morgan fingerprint density at radius 1 is 0.317 bits per heavy atom. The lowest BCUT2D eigenvalue weighted by atomic mass is 10.0. The van der Waals surface area contributed by atoms with Gasteiger partial charge in [-0.15, -0.1) is 11.3 Å². The third kappa shape index (κ3) is 5.70. The molecule has 0 saturated carbocycles. The molecule has 0 N–H and O–H groups in total. The molecule has 12 rings (SSSR count). The summed E-state index contributed by atoms with van der Waals surface area (Å²) in [5.74, 6) is 1.86. The van der Waals surface area contributed by atoms with E-state index in [-0.39, 0.29) is 0 Å². The molecule has 60 heavy (non-hydrogen) atoms. The van der Waals surface area contributed by atoms with Gasteiger partial charge in [0.15, 0.2) is 17.5 Å². The van der Waals surface area contributed by atoms with Gasteiger partial charge in [-0.2, -0.15) is 0 Å². The quantitative estimate of drug-likeness (QED) is 0.169. The Morgan fingerprint density at radius 2 is 0.850 bits per heavy atom. The largest absolute Gasteiger partial charge is 0.308 e. The maximum absolute atomic E-state index is 5.36. The predicted molar refractivity (Wildman–Crippen MR) is 252 cm³/mol. The first kappa shape index (κ1) is 34.3. The van der Waals surface area contributed by atoms with Crippen LogP contribution in [0.3, 0.4) is 0 Å². The molecule has 0 radical (unpaired) electrons. The molecule has 0 atom stereocenters. The third-order valence-electron chi connectivity index (χ3n) is 11.7. The minimum atomic E-state index is 0.610. The molecule has 0 unspecified atom stereocenters. The first-order valence-corrected chi connectivity index (χ1v) is 21.0. The highest BCUT2D eigenvalue weighted by molar-refractivity contribution is 7.25. The van der Waals surface area contributed by atoms with Crippen molar-refractivity contribution >= 4 is 64.1 Å². The molecular weight excluding hydrogens is 749 g/mol. The van der Waals surface area contributed by atoms with Crippen LogP contribution >= 0.6 is 11.3 Å². The zero-order valence-electron chi connectivity index (χ0n) is 32.3. The Labute approximate surface area is 350 Å². The van der Waals surface area contributed by atoms with Gasteiger partial charge < -0.3 is 4.57 Å². The maximum Gasteiger partial charge on any atom is 0.166 e. The number of aromatic nitrogens is 4. The number of hydrogen-bond donors (Lipinski definition) is 0. The van der Waals surface area contributed by atoms with Crippen molar-refractivity contribution < 1.29 is 0 Å². The topological polar surface area (TPSA) is 43.6 Å². The van der Waals surface area contributed by atoms with Crippen molar-refractivity contribution in [2.75, 3.05) is 0 Å². The second kappa shape index (κ2) is 14.0. The SMILES string of the molecule is c1ccc(-c2ccc(-c3nc(-c4ccc(-c5ccc6c(c5)sc5ccccc56)cc4)nc(-c4cccc5ccccc45)n3)c(-n3c4ccccc4c4ccccc43)c2)cc1. The molecule has 0 aliphatic carbocycles. The van der Waals surface area contributed by atoms with Gasteiger partial charge in [0.1, 0.15) is 0 Å². The highest BCUT2D eigenvalue weighted by Crippen LogP contribution is 2.40. The van der Waals surface area contributed by atoms with E-state index in [2.05, 4.69) is 211 Å². The van der Waals surface area contributed by atoms with Crippen molar-refractivity contribution in [2.45, 2.75) is 0 Å². The first-order valence-electron chi connectivity index (χ1n) is 20.2. The number of thiophene rings is 1. The summed E-state index contributed by atoms with van der Waals surface area (Å²) < 4.78 is 4.97. The third-order valence-corrected chi connectivity index (χ3v) is 12.8. The van der Waals surface area contributed by atoms with Crippen molar-refractivity contribution in [3.63, 3.8) is 0 Å². The minimum absolute atomic E-state index is 0.610. The second-order valence-corrected chi connectivity index (χ2v) is 16.3. The van der Waals surface area contributed by atoms with Gasteiger partial charge >= 0.3 is 0 Å². The fourth-order valence-electron chi connectivity index (χ4n) is 8.78. The van der Waals surface area contributed by atoms with Crippen molar-refractivity contribution in [2.24, 2.45) is 0 Å². The Morgan fingerprint density at radius 3 is 1.63 bits per heavy atom. The van der Waals surface area contributed by atoms with Gasteiger partial charge in [-0.05, 0) is 69.4 Å². The summed E-state index contributed by atoms with van der Waals surface area (Å²) in [4.78, 5) is 16.0. The first-order chi connectivity index (χ1) is 29.7. The van der Waals surface area contributed by atoms with Crippen LogP contribution in [0.4, 0.5) is 0 Å². The van der Waals surface area contributed by atoms with Crippen molar-refractivity contribution in [3.05, 3.63) is 206 Å². The number of fused-ring (bicyclic) bond motifs is 7. The number of para-hydroxylation sites is 2. The molecule has 3 aromatic heterocycles. The fourth-order valence-corrected chi connectivity index (χ4v) is 9.93. The minimum Gasteiger partial charge on any atom is -0.308 e. The molecule has 12 aromatic rings. The van der Waals surface area contributed by atoms with E-state index in [0.717, 1.165) is 60.9 Å². The average molecular weight is 783 g/mol. The van der Waals surface area contributed by atoms with Crippen LogP contribution in [0.15, 0.2) is 206 Å². The Bertz CT molecular complexity index is 3540. The summed E-state index contributed by atoms with van der Waals surface area (Å²) in [5, 5.41) is 7.23. The zero-order valence-corrected chi connectivity index (χ0v) is 33.1. The lowest BCUT2D eigenvalue weighted by molar-refractivity contribution is 1.07. The van der Waals surface area contributed by atoms with Gasteiger partial charge in [-0.25, -0.2) is 15.0 Å². The Hall–Kier alpha value is -7.73. The zero-order chi connectivity index (χ0) is 39.6. The van der Waals surface area contributed by atoms with Crippen LogP contribution in [0.5, 0.6) is 0 Å². The summed E-state index contributed by atoms with van der Waals surface area (Å²) in [6.07, 6.45) is 0. The second-order valence-electron chi connectivity index (χ2n) is 15.2. The van der Waals surface area contributed by atoms with E-state index in [1.54, 1.807) is 0 Å². The Balaban J connectivity index is 1.07. The molecule has 9 aromatic carbocycles. The van der Waals surface area contributed by atoms with Gasteiger partial charge in [0, 0.05) is 47.6 Å². The summed E-state index contributed by atoms with van der Waals surface area (Å²) >= 11 is 1.84. The van der Waals surface area contributed by atoms with E-state index in [1.807, 2.05) is 11.3 Å². The van der Waals surface area contributed by atoms with Crippen LogP contribution in [0.2, 0.25) is 0 Å². The standard InChI is InChI=1S/C55H34N4S/c1-2-13-35(14-3-1)39-30-32-47(50(33-39)59-48-22-9-6-18-42(48)43-19-7-10-23-49(43)59)55-57-53(56-54(58-55)46-21-12-16-37-15-4-5-17-41(37)46)38-27-25-36(26-28-38)40-29-31-45-44-20-8-11-24-51(44)60-52(45)34-40/h1-34H. The van der Waals surface area contributed by atoms with Crippen molar-refractivity contribution in [3.8, 4) is 62.1 Å². The summed E-state index contributed by atoms with van der Waals surface area (Å²) in [7, 11) is 0. The molecule has 5 heteroatoms. The van der Waals surface area contributed by atoms with Gasteiger partial charge in [0.2, 0.25) is 0 Å². The molecule has 0 amide bonds. The van der Waals surface area contributed by atoms with E-state index in [4.69, 9.17) is 15.0 Å². The van der Waals surface area contributed by atoms with Gasteiger partial charge in [-0.1, -0.05) is 170 Å². The monoisotopic (exact) mass is 782 g/mol. The molecule has 280 valence electrons. The molecule has 0 spiro atoms. The Kier molecular flexibility index (Phi) is 8.00. The molecule has 4 nitrogen and oxygen atoms in total. The van der Waals surface area contributed by atoms with Crippen LogP contribution in [0.25, 0.3) is 115 Å². The van der Waals surface area contributed by atoms with E-state index in [9.17, 15) is 0 Å². The van der Waals surface area contributed by atoms with E-state index >= 15 is 0 Å². The van der Waals surface area contributed by atoms with Crippen LogP contribution < -0.4 is 0 Å². The highest BCUT2D eigenvalue weighted by atomic mass is 32.1. The summed E-state index contributed by atoms with van der Waals surface area (Å²) in [5.41, 5.74) is 10.6. The molecule has 3 heterocycles. The predicted octanol–water partition coefficient (Wildman–Crippen LogP) is 14.8. The normalized spacial score (nSPS) is 11.7. The lowest BCUT2D eigenvalue weighted by Crippen LogP contribution is -2.04. The average Bonchev–Trinajstić information content (AvgIpc) is 3.87. The van der Waals surface area contributed by atoms with Crippen LogP contribution in [-0.4, -0.2) is 19.5 Å². The number of nitrogens with zero attached hydrogens (tertiary/aromatic N) is 4. The van der Waals surface area contributed by atoms with Crippen molar-refractivity contribution in [1.82, 2.24) is 19.5 Å². The van der Waals surface area contributed by atoms with Crippen LogP contribution in [0.1, 0.15) is 0 Å². The van der Waals surface area contributed by atoms with Gasteiger partial charge in [-0.3, -0.25) is 0 Å². The van der Waals surface area contributed by atoms with Crippen molar-refractivity contribution in [1.29, 1.82) is 0 Å². The number of rotatable bonds is 6. The molecular formula is C55H34N4S. The summed E-state index contributed by atoms with van der Waals surface area (Å²) in [6, 6.07) is 73.3.